The minimum absolute atomic E-state index is 0.682. The maximum absolute atomic E-state index is 5.85. The predicted molar refractivity (Wildman–Crippen MR) is 56.4 cm³/mol. The molecular weight excluding hydrogens is 198 g/mol. The van der Waals surface area contributed by atoms with Gasteiger partial charge in [0.1, 0.15) is 0 Å². The minimum atomic E-state index is 0.682. The van der Waals surface area contributed by atoms with Crippen LogP contribution in [0, 0.1) is 5.92 Å². The quantitative estimate of drug-likeness (QED) is 0.745. The summed E-state index contributed by atoms with van der Waals surface area (Å²) in [6.45, 7) is 2.35. The zero-order valence-corrected chi connectivity index (χ0v) is 9.04. The molecule has 1 aromatic heterocycles. The first-order chi connectivity index (χ1) is 6.74. The second-order valence-corrected chi connectivity index (χ2v) is 4.42. The van der Waals surface area contributed by atoms with Crippen LogP contribution in [0.1, 0.15) is 12.1 Å². The molecule has 2 heterocycles. The highest BCUT2D eigenvalue weighted by molar-refractivity contribution is 6.30. The van der Waals surface area contributed by atoms with Gasteiger partial charge in [-0.3, -0.25) is 0 Å². The fourth-order valence-electron chi connectivity index (χ4n) is 1.97. The fraction of sp³-hybridized carbons (Fsp3) is 0.600. The second kappa shape index (κ2) is 4.24. The van der Waals surface area contributed by atoms with Crippen LogP contribution in [0.3, 0.4) is 0 Å². The normalized spacial score (nSPS) is 22.9. The molecule has 0 aliphatic carbocycles. The summed E-state index contributed by atoms with van der Waals surface area (Å²) in [7, 11) is 2.16. The summed E-state index contributed by atoms with van der Waals surface area (Å²) in [5, 5.41) is 8.61. The van der Waals surface area contributed by atoms with Gasteiger partial charge in [-0.05, 0) is 38.4 Å². The molecule has 1 saturated heterocycles. The van der Waals surface area contributed by atoms with Gasteiger partial charge >= 0.3 is 0 Å². The molecule has 0 amide bonds. The van der Waals surface area contributed by atoms with E-state index in [1.165, 1.54) is 13.0 Å². The fourth-order valence-corrected chi connectivity index (χ4v) is 2.14. The highest BCUT2D eigenvalue weighted by Gasteiger charge is 2.20. The van der Waals surface area contributed by atoms with Crippen molar-refractivity contribution in [2.45, 2.75) is 12.8 Å². The molecule has 14 heavy (non-hydrogen) atoms. The van der Waals surface area contributed by atoms with Crippen molar-refractivity contribution >= 4 is 11.6 Å². The molecule has 1 unspecified atom stereocenters. The molecule has 0 bridgehead atoms. The first-order valence-electron chi connectivity index (χ1n) is 4.89. The van der Waals surface area contributed by atoms with Crippen molar-refractivity contribution < 1.29 is 0 Å². The van der Waals surface area contributed by atoms with E-state index in [0.717, 1.165) is 18.7 Å². The second-order valence-electron chi connectivity index (χ2n) is 3.99. The van der Waals surface area contributed by atoms with Gasteiger partial charge < -0.3 is 4.90 Å². The lowest BCUT2D eigenvalue weighted by Gasteiger charge is -2.09. The monoisotopic (exact) mass is 211 g/mol. The van der Waals surface area contributed by atoms with E-state index in [4.69, 9.17) is 11.6 Å². The van der Waals surface area contributed by atoms with Crippen LogP contribution < -0.4 is 0 Å². The van der Waals surface area contributed by atoms with Gasteiger partial charge in [-0.15, -0.1) is 0 Å². The summed E-state index contributed by atoms with van der Waals surface area (Å²) in [6, 6.07) is 1.91. The van der Waals surface area contributed by atoms with Crippen LogP contribution in [-0.2, 0) is 6.42 Å². The van der Waals surface area contributed by atoms with Crippen molar-refractivity contribution in [1.82, 2.24) is 15.1 Å². The average molecular weight is 212 g/mol. The Kier molecular flexibility index (Phi) is 2.99. The molecule has 3 nitrogen and oxygen atoms in total. The Morgan fingerprint density at radius 3 is 3.14 bits per heavy atom. The maximum Gasteiger partial charge on any atom is 0.0682 e. The van der Waals surface area contributed by atoms with Crippen molar-refractivity contribution in [3.63, 3.8) is 0 Å². The summed E-state index contributed by atoms with van der Waals surface area (Å²) >= 11 is 5.85. The van der Waals surface area contributed by atoms with Crippen LogP contribution in [0.5, 0.6) is 0 Å². The average Bonchev–Trinajstić information content (AvgIpc) is 2.51. The standard InChI is InChI=1S/C10H14ClN3/c1-14-3-2-8(7-14)4-10-5-9(11)6-12-13-10/h5-6,8H,2-4,7H2,1H3. The van der Waals surface area contributed by atoms with Crippen LogP contribution in [0.4, 0.5) is 0 Å². The molecule has 76 valence electrons. The van der Waals surface area contributed by atoms with Gasteiger partial charge in [0.2, 0.25) is 0 Å². The van der Waals surface area contributed by atoms with E-state index in [1.54, 1.807) is 6.20 Å². The van der Waals surface area contributed by atoms with Crippen molar-refractivity contribution in [3.05, 3.63) is 23.0 Å². The molecule has 4 heteroatoms. The maximum atomic E-state index is 5.85. The number of rotatable bonds is 2. The van der Waals surface area contributed by atoms with E-state index in [2.05, 4.69) is 22.1 Å². The van der Waals surface area contributed by atoms with E-state index in [9.17, 15) is 0 Å². The highest BCUT2D eigenvalue weighted by atomic mass is 35.5. The lowest BCUT2D eigenvalue weighted by molar-refractivity contribution is 0.393. The third-order valence-electron chi connectivity index (χ3n) is 2.66. The van der Waals surface area contributed by atoms with Crippen LogP contribution in [0.25, 0.3) is 0 Å². The predicted octanol–water partition coefficient (Wildman–Crippen LogP) is 1.62. The molecular formula is C10H14ClN3. The van der Waals surface area contributed by atoms with E-state index in [1.807, 2.05) is 6.07 Å². The van der Waals surface area contributed by atoms with Crippen molar-refractivity contribution in [2.75, 3.05) is 20.1 Å². The van der Waals surface area contributed by atoms with Crippen LogP contribution in [-0.4, -0.2) is 35.2 Å². The number of likely N-dealkylation sites (tertiary alicyclic amines) is 1. The van der Waals surface area contributed by atoms with Gasteiger partial charge in [0, 0.05) is 6.54 Å². The first-order valence-corrected chi connectivity index (χ1v) is 5.27. The molecule has 1 fully saturated rings. The Labute approximate surface area is 89.1 Å². The summed E-state index contributed by atoms with van der Waals surface area (Å²) in [5.41, 5.74) is 1.01. The Hall–Kier alpha value is -0.670. The van der Waals surface area contributed by atoms with Gasteiger partial charge in [0.15, 0.2) is 0 Å². The zero-order valence-electron chi connectivity index (χ0n) is 8.28. The van der Waals surface area contributed by atoms with Crippen LogP contribution >= 0.6 is 11.6 Å². The van der Waals surface area contributed by atoms with E-state index in [0.29, 0.717) is 10.9 Å². The molecule has 1 aliphatic rings. The molecule has 1 aliphatic heterocycles. The molecule has 0 aromatic carbocycles. The van der Waals surface area contributed by atoms with E-state index >= 15 is 0 Å². The smallest absolute Gasteiger partial charge is 0.0682 e. The molecule has 0 N–H and O–H groups in total. The Bertz CT molecular complexity index is 316. The third kappa shape index (κ3) is 2.42. The van der Waals surface area contributed by atoms with Gasteiger partial charge in [0.05, 0.1) is 16.9 Å². The first kappa shape index (κ1) is 9.87. The number of nitrogens with zero attached hydrogens (tertiary/aromatic N) is 3. The zero-order chi connectivity index (χ0) is 9.97. The van der Waals surface area contributed by atoms with Crippen molar-refractivity contribution in [3.8, 4) is 0 Å². The summed E-state index contributed by atoms with van der Waals surface area (Å²) < 4.78 is 0. The van der Waals surface area contributed by atoms with Gasteiger partial charge in [-0.25, -0.2) is 0 Å². The largest absolute Gasteiger partial charge is 0.306 e. The molecule has 0 radical (unpaired) electrons. The summed E-state index contributed by atoms with van der Waals surface area (Å²) in [5.74, 6) is 0.716. The van der Waals surface area contributed by atoms with Crippen LogP contribution in [0.2, 0.25) is 5.02 Å². The topological polar surface area (TPSA) is 29.0 Å². The molecule has 1 aromatic rings. The van der Waals surface area contributed by atoms with Gasteiger partial charge in [0.25, 0.3) is 0 Å². The molecule has 1 atom stereocenters. The number of halogens is 1. The molecule has 0 spiro atoms. The molecule has 0 saturated carbocycles. The Morgan fingerprint density at radius 1 is 1.64 bits per heavy atom. The van der Waals surface area contributed by atoms with Crippen LogP contribution in [0.15, 0.2) is 12.3 Å². The molecule has 2 rings (SSSR count). The third-order valence-corrected chi connectivity index (χ3v) is 2.87. The SMILES string of the molecule is CN1CCC(Cc2cc(Cl)cnn2)C1. The lowest BCUT2D eigenvalue weighted by Crippen LogP contribution is -2.15. The van der Waals surface area contributed by atoms with Crippen molar-refractivity contribution in [1.29, 1.82) is 0 Å². The van der Waals surface area contributed by atoms with Gasteiger partial charge in [-0.1, -0.05) is 11.6 Å². The highest BCUT2D eigenvalue weighted by Crippen LogP contribution is 2.19. The summed E-state index contributed by atoms with van der Waals surface area (Å²) in [6.07, 6.45) is 3.83. The van der Waals surface area contributed by atoms with E-state index in [-0.39, 0.29) is 0 Å². The lowest BCUT2D eigenvalue weighted by atomic mass is 10.0. The Morgan fingerprint density at radius 2 is 2.50 bits per heavy atom. The minimum Gasteiger partial charge on any atom is -0.306 e. The van der Waals surface area contributed by atoms with Crippen molar-refractivity contribution in [2.24, 2.45) is 5.92 Å². The number of aromatic nitrogens is 2. The van der Waals surface area contributed by atoms with E-state index < -0.39 is 0 Å². The number of hydrogen-bond donors (Lipinski definition) is 0. The van der Waals surface area contributed by atoms with Gasteiger partial charge in [-0.2, -0.15) is 10.2 Å². The summed E-state index contributed by atoms with van der Waals surface area (Å²) in [4.78, 5) is 2.35. The Balaban J connectivity index is 1.97. The number of hydrogen-bond acceptors (Lipinski definition) is 3.